The molecule has 0 saturated heterocycles. The summed E-state index contributed by atoms with van der Waals surface area (Å²) in [6.07, 6.45) is -4.70. The van der Waals surface area contributed by atoms with Gasteiger partial charge in [0, 0.05) is 11.1 Å². The summed E-state index contributed by atoms with van der Waals surface area (Å²) < 4.78 is 40.2. The van der Waals surface area contributed by atoms with Crippen molar-refractivity contribution in [3.63, 3.8) is 0 Å². The molecular formula is C21H23F3N2O2. The van der Waals surface area contributed by atoms with Crippen molar-refractivity contribution in [1.29, 1.82) is 0 Å². The summed E-state index contributed by atoms with van der Waals surface area (Å²) in [7, 11) is 0. The summed E-state index contributed by atoms with van der Waals surface area (Å²) in [6, 6.07) is 7.54. The Morgan fingerprint density at radius 2 is 1.57 bits per heavy atom. The van der Waals surface area contributed by atoms with Crippen molar-refractivity contribution in [2.45, 2.75) is 46.8 Å². The van der Waals surface area contributed by atoms with Crippen molar-refractivity contribution >= 4 is 11.8 Å². The highest BCUT2D eigenvalue weighted by Crippen LogP contribution is 2.25. The summed E-state index contributed by atoms with van der Waals surface area (Å²) in [6.45, 7) is 7.83. The number of carbonyl (C=O) groups excluding carboxylic acids is 2. The Hall–Kier alpha value is -2.83. The third kappa shape index (κ3) is 4.71. The highest BCUT2D eigenvalue weighted by molar-refractivity contribution is 6.00. The fraction of sp³-hybridized carbons (Fsp3) is 0.333. The molecule has 4 nitrogen and oxygen atoms in total. The second-order valence-electron chi connectivity index (χ2n) is 6.96. The summed E-state index contributed by atoms with van der Waals surface area (Å²) in [5.41, 5.74) is 5.40. The minimum absolute atomic E-state index is 0.0786. The first-order valence-corrected chi connectivity index (χ1v) is 8.77. The van der Waals surface area contributed by atoms with E-state index >= 15 is 0 Å². The number of carbonyl (C=O) groups is 2. The van der Waals surface area contributed by atoms with Crippen molar-refractivity contribution in [3.05, 3.63) is 69.8 Å². The molecule has 0 fully saturated rings. The van der Waals surface area contributed by atoms with Gasteiger partial charge in [-0.25, -0.2) is 5.01 Å². The summed E-state index contributed by atoms with van der Waals surface area (Å²) >= 11 is 0. The lowest BCUT2D eigenvalue weighted by Gasteiger charge is -2.31. The fourth-order valence-electron chi connectivity index (χ4n) is 2.87. The number of benzene rings is 2. The number of hydrazine groups is 1. The largest absolute Gasteiger partial charge is 0.410 e. The van der Waals surface area contributed by atoms with Crippen molar-refractivity contribution < 1.29 is 22.8 Å². The van der Waals surface area contributed by atoms with Gasteiger partial charge in [-0.05, 0) is 63.9 Å². The van der Waals surface area contributed by atoms with E-state index < -0.39 is 24.0 Å². The van der Waals surface area contributed by atoms with Gasteiger partial charge in [-0.1, -0.05) is 29.3 Å². The van der Waals surface area contributed by atoms with Crippen molar-refractivity contribution in [2.24, 2.45) is 0 Å². The number of amides is 2. The second kappa shape index (κ2) is 8.04. The Morgan fingerprint density at radius 1 is 1.00 bits per heavy atom. The van der Waals surface area contributed by atoms with Gasteiger partial charge < -0.3 is 0 Å². The van der Waals surface area contributed by atoms with Gasteiger partial charge in [-0.3, -0.25) is 15.0 Å². The zero-order valence-electron chi connectivity index (χ0n) is 16.4. The van der Waals surface area contributed by atoms with E-state index in [1.807, 2.05) is 6.07 Å². The van der Waals surface area contributed by atoms with E-state index in [1.165, 1.54) is 18.2 Å². The third-order valence-electron chi connectivity index (χ3n) is 4.62. The van der Waals surface area contributed by atoms with E-state index in [2.05, 4.69) is 5.43 Å². The van der Waals surface area contributed by atoms with E-state index in [-0.39, 0.29) is 11.1 Å². The Morgan fingerprint density at radius 3 is 2.11 bits per heavy atom. The zero-order valence-corrected chi connectivity index (χ0v) is 16.4. The standard InChI is InChI=1S/C21H23F3N2O2/c1-12-9-13(2)11-17(10-12)20(28)26(16(5)21(22,23)24)25-19(27)18-8-6-7-14(3)15(18)4/h6-11,16H,1-5H3,(H,25,27). The normalized spacial score (nSPS) is 12.4. The highest BCUT2D eigenvalue weighted by Gasteiger charge is 2.43. The van der Waals surface area contributed by atoms with Gasteiger partial charge in [0.25, 0.3) is 11.8 Å². The zero-order chi connectivity index (χ0) is 21.2. The second-order valence-corrected chi connectivity index (χ2v) is 6.96. The summed E-state index contributed by atoms with van der Waals surface area (Å²) in [5, 5.41) is 0.359. The highest BCUT2D eigenvalue weighted by atomic mass is 19.4. The first-order chi connectivity index (χ1) is 12.9. The molecule has 7 heteroatoms. The maximum atomic E-state index is 13.4. The number of hydrogen-bond donors (Lipinski definition) is 1. The van der Waals surface area contributed by atoms with Crippen LogP contribution in [0.4, 0.5) is 13.2 Å². The molecule has 2 aromatic carbocycles. The van der Waals surface area contributed by atoms with Crippen LogP contribution < -0.4 is 5.43 Å². The minimum Gasteiger partial charge on any atom is -0.267 e. The Bertz CT molecular complexity index is 887. The van der Waals surface area contributed by atoms with E-state index in [9.17, 15) is 22.8 Å². The smallest absolute Gasteiger partial charge is 0.267 e. The molecule has 0 spiro atoms. The van der Waals surface area contributed by atoms with Gasteiger partial charge in [-0.15, -0.1) is 0 Å². The Labute approximate surface area is 162 Å². The molecule has 0 heterocycles. The average Bonchev–Trinajstić information content (AvgIpc) is 2.59. The maximum Gasteiger partial charge on any atom is 0.410 e. The number of halogens is 3. The maximum absolute atomic E-state index is 13.4. The van der Waals surface area contributed by atoms with Crippen molar-refractivity contribution in [1.82, 2.24) is 10.4 Å². The number of hydrogen-bond acceptors (Lipinski definition) is 2. The monoisotopic (exact) mass is 392 g/mol. The van der Waals surface area contributed by atoms with Gasteiger partial charge in [0.05, 0.1) is 0 Å². The van der Waals surface area contributed by atoms with Crippen LogP contribution in [-0.2, 0) is 0 Å². The predicted molar refractivity (Wildman–Crippen MR) is 101 cm³/mol. The number of alkyl halides is 3. The first kappa shape index (κ1) is 21.5. The molecule has 150 valence electrons. The van der Waals surface area contributed by atoms with E-state index in [1.54, 1.807) is 39.8 Å². The molecule has 0 aliphatic carbocycles. The molecule has 1 N–H and O–H groups in total. The molecule has 0 radical (unpaired) electrons. The molecule has 0 bridgehead atoms. The summed E-state index contributed by atoms with van der Waals surface area (Å²) in [4.78, 5) is 25.5. The van der Waals surface area contributed by atoms with Crippen LogP contribution >= 0.6 is 0 Å². The molecular weight excluding hydrogens is 369 g/mol. The van der Waals surface area contributed by atoms with Crippen LogP contribution in [0.2, 0.25) is 0 Å². The molecule has 2 amide bonds. The van der Waals surface area contributed by atoms with Crippen LogP contribution in [0.5, 0.6) is 0 Å². The lowest BCUT2D eigenvalue weighted by molar-refractivity contribution is -0.176. The molecule has 28 heavy (non-hydrogen) atoms. The van der Waals surface area contributed by atoms with Gasteiger partial charge in [0.15, 0.2) is 0 Å². The van der Waals surface area contributed by atoms with Crippen LogP contribution in [0.3, 0.4) is 0 Å². The van der Waals surface area contributed by atoms with Crippen LogP contribution in [-0.4, -0.2) is 29.0 Å². The van der Waals surface area contributed by atoms with Crippen molar-refractivity contribution in [2.75, 3.05) is 0 Å². The number of rotatable bonds is 3. The topological polar surface area (TPSA) is 49.4 Å². The van der Waals surface area contributed by atoms with Gasteiger partial charge in [-0.2, -0.15) is 13.2 Å². The van der Waals surface area contributed by atoms with Crippen LogP contribution in [0, 0.1) is 27.7 Å². The van der Waals surface area contributed by atoms with E-state index in [4.69, 9.17) is 0 Å². The minimum atomic E-state index is -4.70. The molecule has 0 saturated carbocycles. The van der Waals surface area contributed by atoms with E-state index in [0.29, 0.717) is 10.6 Å². The van der Waals surface area contributed by atoms with E-state index in [0.717, 1.165) is 23.6 Å². The molecule has 1 unspecified atom stereocenters. The fourth-order valence-corrected chi connectivity index (χ4v) is 2.87. The van der Waals surface area contributed by atoms with Gasteiger partial charge in [0.1, 0.15) is 6.04 Å². The van der Waals surface area contributed by atoms with Crippen LogP contribution in [0.15, 0.2) is 36.4 Å². The summed E-state index contributed by atoms with van der Waals surface area (Å²) in [5.74, 6) is -1.69. The van der Waals surface area contributed by atoms with Gasteiger partial charge in [0.2, 0.25) is 0 Å². The molecule has 1 atom stereocenters. The number of nitrogens with zero attached hydrogens (tertiary/aromatic N) is 1. The first-order valence-electron chi connectivity index (χ1n) is 8.77. The lowest BCUT2D eigenvalue weighted by Crippen LogP contribution is -2.56. The Balaban J connectivity index is 2.43. The van der Waals surface area contributed by atoms with Crippen LogP contribution in [0.25, 0.3) is 0 Å². The number of nitrogens with one attached hydrogen (secondary N) is 1. The van der Waals surface area contributed by atoms with Crippen molar-refractivity contribution in [3.8, 4) is 0 Å². The molecule has 2 rings (SSSR count). The third-order valence-corrected chi connectivity index (χ3v) is 4.62. The molecule has 0 aromatic heterocycles. The molecule has 2 aromatic rings. The Kier molecular flexibility index (Phi) is 6.17. The molecule has 0 aliphatic heterocycles. The molecule has 0 aliphatic rings. The predicted octanol–water partition coefficient (Wildman–Crippen LogP) is 4.66. The number of aryl methyl sites for hydroxylation is 3. The SMILES string of the molecule is Cc1cc(C)cc(C(=O)N(NC(=O)c2cccc(C)c2C)C(C)C(F)(F)F)c1. The average molecular weight is 392 g/mol. The van der Waals surface area contributed by atoms with Gasteiger partial charge >= 0.3 is 6.18 Å². The van der Waals surface area contributed by atoms with Crippen LogP contribution in [0.1, 0.15) is 49.9 Å². The quantitative estimate of drug-likeness (QED) is 0.773. The lowest BCUT2D eigenvalue weighted by atomic mass is 10.0.